The fourth-order valence-electron chi connectivity index (χ4n) is 1.70. The largest absolute Gasteiger partial charge is 0.461 e. The van der Waals surface area contributed by atoms with E-state index in [1.54, 1.807) is 6.08 Å². The van der Waals surface area contributed by atoms with E-state index in [0.717, 1.165) is 5.56 Å². The molecule has 1 aliphatic rings. The first-order chi connectivity index (χ1) is 9.72. The zero-order valence-electron chi connectivity index (χ0n) is 11.1. The van der Waals surface area contributed by atoms with Gasteiger partial charge in [0, 0.05) is 7.05 Å². The number of ketones is 1. The van der Waals surface area contributed by atoms with Crippen molar-refractivity contribution in [3.63, 3.8) is 0 Å². The Labute approximate surface area is 116 Å². The molecule has 20 heavy (non-hydrogen) atoms. The van der Waals surface area contributed by atoms with Gasteiger partial charge in [0.15, 0.2) is 11.4 Å². The van der Waals surface area contributed by atoms with Crippen LogP contribution in [0.25, 0.3) is 6.08 Å². The molecule has 5 heteroatoms. The van der Waals surface area contributed by atoms with Gasteiger partial charge in [0.1, 0.15) is 13.2 Å². The third-order valence-electron chi connectivity index (χ3n) is 2.68. The molecule has 0 aromatic heterocycles. The average molecular weight is 273 g/mol. The number of ether oxygens (including phenoxy) is 2. The molecule has 1 N–H and O–H groups in total. The molecule has 1 fully saturated rings. The predicted octanol–water partition coefficient (Wildman–Crippen LogP) is 1.27. The van der Waals surface area contributed by atoms with E-state index < -0.39 is 11.7 Å². The van der Waals surface area contributed by atoms with Gasteiger partial charge in [-0.25, -0.2) is 0 Å². The Hall–Kier alpha value is -2.56. The van der Waals surface area contributed by atoms with Crippen molar-refractivity contribution in [3.05, 3.63) is 53.5 Å². The average Bonchev–Trinajstić information content (AvgIpc) is 3.00. The second kappa shape index (κ2) is 6.56. The molecule has 0 aliphatic carbocycles. The zero-order valence-corrected chi connectivity index (χ0v) is 11.1. The van der Waals surface area contributed by atoms with Crippen molar-refractivity contribution >= 4 is 17.8 Å². The summed E-state index contributed by atoms with van der Waals surface area (Å²) in [6, 6.07) is 9.34. The lowest BCUT2D eigenvalue weighted by Gasteiger charge is -2.05. The highest BCUT2D eigenvalue weighted by Crippen LogP contribution is 2.16. The van der Waals surface area contributed by atoms with Gasteiger partial charge in [-0.1, -0.05) is 36.4 Å². The Morgan fingerprint density at radius 3 is 2.40 bits per heavy atom. The van der Waals surface area contributed by atoms with Crippen LogP contribution < -0.4 is 5.32 Å². The van der Waals surface area contributed by atoms with Crippen LogP contribution in [0.3, 0.4) is 0 Å². The molecule has 2 rings (SSSR count). The van der Waals surface area contributed by atoms with E-state index in [1.807, 2.05) is 30.3 Å². The summed E-state index contributed by atoms with van der Waals surface area (Å²) < 4.78 is 10.3. The normalized spacial score (nSPS) is 13.8. The minimum absolute atomic E-state index is 0.00735. The molecule has 1 heterocycles. The molecule has 104 valence electrons. The highest BCUT2D eigenvalue weighted by molar-refractivity contribution is 6.24. The molecule has 0 saturated carbocycles. The molecule has 1 aliphatic heterocycles. The van der Waals surface area contributed by atoms with Crippen molar-refractivity contribution in [2.75, 3.05) is 20.3 Å². The molecule has 0 unspecified atom stereocenters. The van der Waals surface area contributed by atoms with Crippen molar-refractivity contribution < 1.29 is 19.1 Å². The topological polar surface area (TPSA) is 64.6 Å². The number of rotatable bonds is 4. The van der Waals surface area contributed by atoms with Crippen LogP contribution in [-0.2, 0) is 19.1 Å². The molecular formula is C15H15NO4. The van der Waals surface area contributed by atoms with Crippen molar-refractivity contribution in [3.8, 4) is 0 Å². The Balaban J connectivity index is 2.22. The third kappa shape index (κ3) is 3.26. The second-order valence-corrected chi connectivity index (χ2v) is 4.05. The first-order valence-electron chi connectivity index (χ1n) is 6.22. The van der Waals surface area contributed by atoms with Gasteiger partial charge in [0.25, 0.3) is 11.9 Å². The van der Waals surface area contributed by atoms with Crippen LogP contribution >= 0.6 is 0 Å². The van der Waals surface area contributed by atoms with Gasteiger partial charge in [0.05, 0.1) is 0 Å². The number of hydrogen-bond acceptors (Lipinski definition) is 4. The maximum absolute atomic E-state index is 12.1. The number of carbonyl (C=O) groups is 2. The van der Waals surface area contributed by atoms with Gasteiger partial charge >= 0.3 is 0 Å². The van der Waals surface area contributed by atoms with E-state index in [0.29, 0.717) is 13.2 Å². The monoisotopic (exact) mass is 273 g/mol. The highest BCUT2D eigenvalue weighted by Gasteiger charge is 2.26. The summed E-state index contributed by atoms with van der Waals surface area (Å²) in [5, 5.41) is 2.41. The summed E-state index contributed by atoms with van der Waals surface area (Å²) in [5.74, 6) is -0.984. The molecular weight excluding hydrogens is 258 g/mol. The summed E-state index contributed by atoms with van der Waals surface area (Å²) in [4.78, 5) is 23.9. The number of nitrogens with one attached hydrogen (secondary N) is 1. The summed E-state index contributed by atoms with van der Waals surface area (Å²) in [7, 11) is 1.45. The molecule has 5 nitrogen and oxygen atoms in total. The van der Waals surface area contributed by atoms with Crippen molar-refractivity contribution in [1.82, 2.24) is 5.32 Å². The number of likely N-dealkylation sites (N-methyl/N-ethyl adjacent to an activating group) is 1. The fraction of sp³-hybridized carbons (Fsp3) is 0.200. The number of hydrogen-bond donors (Lipinski definition) is 1. The van der Waals surface area contributed by atoms with Gasteiger partial charge in [0.2, 0.25) is 0 Å². The molecule has 0 spiro atoms. The standard InChI is InChI=1S/C15H15NO4/c1-16-14(18)13(15-19-9-10-20-15)12(17)8-7-11-5-3-2-4-6-11/h2-8H,9-10H2,1H3,(H,16,18)/b8-7+. The van der Waals surface area contributed by atoms with Gasteiger partial charge in [-0.05, 0) is 11.6 Å². The number of benzene rings is 1. The minimum atomic E-state index is -0.524. The first-order valence-corrected chi connectivity index (χ1v) is 6.22. The molecule has 1 aromatic rings. The van der Waals surface area contributed by atoms with Gasteiger partial charge in [-0.15, -0.1) is 0 Å². The van der Waals surface area contributed by atoms with Crippen LogP contribution in [0.5, 0.6) is 0 Å². The van der Waals surface area contributed by atoms with Crippen LogP contribution in [0.2, 0.25) is 0 Å². The SMILES string of the molecule is CNC(=O)C(C(=O)/C=C/c1ccccc1)=C1OCCO1. The Kier molecular flexibility index (Phi) is 4.55. The lowest BCUT2D eigenvalue weighted by atomic mass is 10.1. The zero-order chi connectivity index (χ0) is 14.4. The number of amides is 1. The molecule has 1 saturated heterocycles. The third-order valence-corrected chi connectivity index (χ3v) is 2.68. The highest BCUT2D eigenvalue weighted by atomic mass is 16.7. The van der Waals surface area contributed by atoms with Crippen molar-refractivity contribution in [2.24, 2.45) is 0 Å². The van der Waals surface area contributed by atoms with Gasteiger partial charge < -0.3 is 14.8 Å². The van der Waals surface area contributed by atoms with E-state index in [1.165, 1.54) is 13.1 Å². The summed E-state index contributed by atoms with van der Waals surface area (Å²) in [6.45, 7) is 0.678. The van der Waals surface area contributed by atoms with Gasteiger partial charge in [-0.2, -0.15) is 0 Å². The predicted molar refractivity (Wildman–Crippen MR) is 73.5 cm³/mol. The maximum Gasteiger partial charge on any atom is 0.296 e. The van der Waals surface area contributed by atoms with Crippen LogP contribution in [0, 0.1) is 0 Å². The van der Waals surface area contributed by atoms with Crippen LogP contribution in [0.15, 0.2) is 47.9 Å². The molecule has 0 bridgehead atoms. The number of allylic oxidation sites excluding steroid dienone is 1. The summed E-state index contributed by atoms with van der Waals surface area (Å²) in [6.07, 6.45) is 2.97. The molecule has 1 amide bonds. The molecule has 0 radical (unpaired) electrons. The maximum atomic E-state index is 12.1. The fourth-order valence-corrected chi connectivity index (χ4v) is 1.70. The Morgan fingerprint density at radius 2 is 1.80 bits per heavy atom. The smallest absolute Gasteiger partial charge is 0.296 e. The van der Waals surface area contributed by atoms with E-state index in [2.05, 4.69) is 5.32 Å². The first kappa shape index (κ1) is 13.9. The molecule has 0 atom stereocenters. The Bertz CT molecular complexity index is 552. The molecule has 1 aromatic carbocycles. The van der Waals surface area contributed by atoms with Crippen LogP contribution in [0.4, 0.5) is 0 Å². The number of carbonyl (C=O) groups excluding carboxylic acids is 2. The van der Waals surface area contributed by atoms with Crippen LogP contribution in [-0.4, -0.2) is 32.0 Å². The quantitative estimate of drug-likeness (QED) is 0.510. The van der Waals surface area contributed by atoms with Gasteiger partial charge in [-0.3, -0.25) is 9.59 Å². The van der Waals surface area contributed by atoms with E-state index >= 15 is 0 Å². The van der Waals surface area contributed by atoms with Crippen LogP contribution in [0.1, 0.15) is 5.56 Å². The second-order valence-electron chi connectivity index (χ2n) is 4.05. The summed E-state index contributed by atoms with van der Waals surface area (Å²) in [5.41, 5.74) is 0.757. The minimum Gasteiger partial charge on any atom is -0.461 e. The van der Waals surface area contributed by atoms with E-state index in [9.17, 15) is 9.59 Å². The lowest BCUT2D eigenvalue weighted by molar-refractivity contribution is -0.121. The lowest BCUT2D eigenvalue weighted by Crippen LogP contribution is -2.26. The van der Waals surface area contributed by atoms with Crippen molar-refractivity contribution in [2.45, 2.75) is 0 Å². The van der Waals surface area contributed by atoms with E-state index in [4.69, 9.17) is 9.47 Å². The Morgan fingerprint density at radius 1 is 1.15 bits per heavy atom. The summed E-state index contributed by atoms with van der Waals surface area (Å²) >= 11 is 0. The van der Waals surface area contributed by atoms with Crippen molar-refractivity contribution in [1.29, 1.82) is 0 Å². The van der Waals surface area contributed by atoms with E-state index in [-0.39, 0.29) is 11.5 Å².